The molecule has 1 heterocycles. The zero-order valence-corrected chi connectivity index (χ0v) is 8.23. The number of nitrogens with zero attached hydrogens (tertiary/aromatic N) is 4. The van der Waals surface area contributed by atoms with Gasteiger partial charge in [-0.15, -0.1) is 5.10 Å². The highest BCUT2D eigenvalue weighted by atomic mass is 15.5. The van der Waals surface area contributed by atoms with Gasteiger partial charge in [0.15, 0.2) is 5.82 Å². The van der Waals surface area contributed by atoms with Crippen LogP contribution in [0.4, 0.5) is 0 Å². The fourth-order valence-electron chi connectivity index (χ4n) is 1.85. The van der Waals surface area contributed by atoms with Crippen molar-refractivity contribution in [3.63, 3.8) is 0 Å². The summed E-state index contributed by atoms with van der Waals surface area (Å²) < 4.78 is 1.74. The van der Waals surface area contributed by atoms with E-state index in [0.717, 1.165) is 11.7 Å². The minimum Gasteiger partial charge on any atom is -0.310 e. The van der Waals surface area contributed by atoms with Crippen LogP contribution < -0.4 is 5.32 Å². The van der Waals surface area contributed by atoms with E-state index < -0.39 is 0 Å². The molecular weight excluding hydrogens is 166 g/mol. The minimum absolute atomic E-state index is 0.315. The highest BCUT2D eigenvalue weighted by Gasteiger charge is 2.41. The van der Waals surface area contributed by atoms with Crippen molar-refractivity contribution < 1.29 is 0 Å². The lowest BCUT2D eigenvalue weighted by Gasteiger charge is -2.13. The lowest BCUT2D eigenvalue weighted by atomic mass is 10.1. The summed E-state index contributed by atoms with van der Waals surface area (Å²) in [7, 11) is 3.84. The summed E-state index contributed by atoms with van der Waals surface area (Å²) in [6, 6.07) is 0.315. The molecule has 0 saturated heterocycles. The van der Waals surface area contributed by atoms with Crippen molar-refractivity contribution in [2.45, 2.75) is 19.4 Å². The zero-order valence-electron chi connectivity index (χ0n) is 8.23. The van der Waals surface area contributed by atoms with Gasteiger partial charge >= 0.3 is 0 Å². The number of hydrogen-bond donors (Lipinski definition) is 1. The first kappa shape index (κ1) is 8.62. The van der Waals surface area contributed by atoms with Crippen LogP contribution in [0.1, 0.15) is 25.2 Å². The zero-order chi connectivity index (χ0) is 9.42. The van der Waals surface area contributed by atoms with Gasteiger partial charge in [0, 0.05) is 7.05 Å². The molecule has 3 atom stereocenters. The lowest BCUT2D eigenvalue weighted by molar-refractivity contribution is 0.458. The standard InChI is InChI=1S/C8H15N5/c1-5-4-6(5)7(9-2)8-10-11-12-13(8)3/h5-7,9H,4H2,1-3H3. The van der Waals surface area contributed by atoms with Crippen molar-refractivity contribution in [3.05, 3.63) is 5.82 Å². The van der Waals surface area contributed by atoms with Crippen LogP contribution in [-0.2, 0) is 7.05 Å². The van der Waals surface area contributed by atoms with E-state index in [1.807, 2.05) is 14.1 Å². The van der Waals surface area contributed by atoms with Gasteiger partial charge in [-0.05, 0) is 35.7 Å². The number of tetrazole rings is 1. The van der Waals surface area contributed by atoms with Crippen molar-refractivity contribution in [1.29, 1.82) is 0 Å². The van der Waals surface area contributed by atoms with Crippen LogP contribution in [0.5, 0.6) is 0 Å². The minimum atomic E-state index is 0.315. The Morgan fingerprint density at radius 1 is 1.62 bits per heavy atom. The number of hydrogen-bond acceptors (Lipinski definition) is 4. The predicted octanol–water partition coefficient (Wildman–Crippen LogP) is 0.127. The highest BCUT2D eigenvalue weighted by Crippen LogP contribution is 2.45. The Balaban J connectivity index is 2.17. The van der Waals surface area contributed by atoms with Gasteiger partial charge in [0.25, 0.3) is 0 Å². The molecule has 1 aromatic rings. The third kappa shape index (κ3) is 1.44. The van der Waals surface area contributed by atoms with Crippen LogP contribution in [0.15, 0.2) is 0 Å². The molecule has 0 amide bonds. The number of nitrogens with one attached hydrogen (secondary N) is 1. The number of rotatable bonds is 3. The molecule has 3 unspecified atom stereocenters. The van der Waals surface area contributed by atoms with Gasteiger partial charge in [0.2, 0.25) is 0 Å². The van der Waals surface area contributed by atoms with Gasteiger partial charge in [-0.3, -0.25) is 0 Å². The molecular formula is C8H15N5. The van der Waals surface area contributed by atoms with E-state index in [9.17, 15) is 0 Å². The summed E-state index contributed by atoms with van der Waals surface area (Å²) in [5.41, 5.74) is 0. The molecule has 1 saturated carbocycles. The molecule has 1 aromatic heterocycles. The summed E-state index contributed by atoms with van der Waals surface area (Å²) >= 11 is 0. The van der Waals surface area contributed by atoms with E-state index in [4.69, 9.17) is 0 Å². The first-order valence-corrected chi connectivity index (χ1v) is 4.63. The molecule has 5 heteroatoms. The highest BCUT2D eigenvalue weighted by molar-refractivity contribution is 5.02. The Labute approximate surface area is 77.5 Å². The summed E-state index contributed by atoms with van der Waals surface area (Å²) in [5.74, 6) is 2.45. The SMILES string of the molecule is CNC(c1nnnn1C)C1CC1C. The molecule has 0 radical (unpaired) electrons. The van der Waals surface area contributed by atoms with Gasteiger partial charge in [0.1, 0.15) is 0 Å². The van der Waals surface area contributed by atoms with Crippen molar-refractivity contribution >= 4 is 0 Å². The van der Waals surface area contributed by atoms with Gasteiger partial charge in [0.05, 0.1) is 6.04 Å². The molecule has 5 nitrogen and oxygen atoms in total. The van der Waals surface area contributed by atoms with Gasteiger partial charge in [-0.2, -0.15) is 0 Å². The Morgan fingerprint density at radius 3 is 2.69 bits per heavy atom. The molecule has 0 aliphatic heterocycles. The molecule has 72 valence electrons. The van der Waals surface area contributed by atoms with Crippen LogP contribution in [0.25, 0.3) is 0 Å². The third-order valence-electron chi connectivity index (χ3n) is 2.84. The Kier molecular flexibility index (Phi) is 2.03. The molecule has 1 aliphatic carbocycles. The summed E-state index contributed by atoms with van der Waals surface area (Å²) in [4.78, 5) is 0. The largest absolute Gasteiger partial charge is 0.310 e. The molecule has 0 aromatic carbocycles. The maximum Gasteiger partial charge on any atom is 0.168 e. The molecule has 1 fully saturated rings. The van der Waals surface area contributed by atoms with Crippen molar-refractivity contribution in [1.82, 2.24) is 25.5 Å². The second-order valence-electron chi connectivity index (χ2n) is 3.80. The van der Waals surface area contributed by atoms with E-state index in [0.29, 0.717) is 12.0 Å². The van der Waals surface area contributed by atoms with Crippen LogP contribution >= 0.6 is 0 Å². The lowest BCUT2D eigenvalue weighted by Crippen LogP contribution is -2.22. The predicted molar refractivity (Wildman–Crippen MR) is 47.9 cm³/mol. The average Bonchev–Trinajstić information content (AvgIpc) is 2.65. The fourth-order valence-corrected chi connectivity index (χ4v) is 1.85. The monoisotopic (exact) mass is 181 g/mol. The Hall–Kier alpha value is -0.970. The first-order valence-electron chi connectivity index (χ1n) is 4.63. The second kappa shape index (κ2) is 3.06. The molecule has 1 aliphatic rings. The average molecular weight is 181 g/mol. The quantitative estimate of drug-likeness (QED) is 0.720. The number of aromatic nitrogens is 4. The van der Waals surface area contributed by atoms with Gasteiger partial charge < -0.3 is 5.32 Å². The molecule has 0 spiro atoms. The van der Waals surface area contributed by atoms with Crippen molar-refractivity contribution in [3.8, 4) is 0 Å². The van der Waals surface area contributed by atoms with Crippen LogP contribution in [-0.4, -0.2) is 27.3 Å². The first-order chi connectivity index (χ1) is 6.24. The van der Waals surface area contributed by atoms with Crippen molar-refractivity contribution in [2.75, 3.05) is 7.05 Å². The third-order valence-corrected chi connectivity index (χ3v) is 2.84. The van der Waals surface area contributed by atoms with E-state index in [1.54, 1.807) is 4.68 Å². The van der Waals surface area contributed by atoms with E-state index in [2.05, 4.69) is 27.8 Å². The number of aryl methyl sites for hydroxylation is 1. The van der Waals surface area contributed by atoms with E-state index >= 15 is 0 Å². The molecule has 2 rings (SSSR count). The molecule has 1 N–H and O–H groups in total. The summed E-state index contributed by atoms with van der Waals surface area (Å²) in [6.07, 6.45) is 1.28. The van der Waals surface area contributed by atoms with Gasteiger partial charge in [-0.25, -0.2) is 4.68 Å². The fraction of sp³-hybridized carbons (Fsp3) is 0.875. The maximum atomic E-state index is 4.02. The normalized spacial score (nSPS) is 28.8. The molecule has 0 bridgehead atoms. The second-order valence-corrected chi connectivity index (χ2v) is 3.80. The summed E-state index contributed by atoms with van der Waals surface area (Å²) in [6.45, 7) is 2.26. The molecule has 13 heavy (non-hydrogen) atoms. The Morgan fingerprint density at radius 2 is 2.31 bits per heavy atom. The van der Waals surface area contributed by atoms with Crippen LogP contribution in [0.2, 0.25) is 0 Å². The summed E-state index contributed by atoms with van der Waals surface area (Å²) in [5, 5.41) is 14.8. The topological polar surface area (TPSA) is 55.6 Å². The maximum absolute atomic E-state index is 4.02. The Bertz CT molecular complexity index is 294. The van der Waals surface area contributed by atoms with Crippen LogP contribution in [0, 0.1) is 11.8 Å². The van der Waals surface area contributed by atoms with Gasteiger partial charge in [-0.1, -0.05) is 6.92 Å². The van der Waals surface area contributed by atoms with E-state index in [-0.39, 0.29) is 0 Å². The van der Waals surface area contributed by atoms with Crippen molar-refractivity contribution in [2.24, 2.45) is 18.9 Å². The van der Waals surface area contributed by atoms with E-state index in [1.165, 1.54) is 6.42 Å². The van der Waals surface area contributed by atoms with Crippen LogP contribution in [0.3, 0.4) is 0 Å². The smallest absolute Gasteiger partial charge is 0.168 e.